The monoisotopic (exact) mass is 222 g/mol. The van der Waals surface area contributed by atoms with Gasteiger partial charge in [-0.2, -0.15) is 5.10 Å². The zero-order valence-electron chi connectivity index (χ0n) is 10.3. The van der Waals surface area contributed by atoms with Crippen LogP contribution in [0.25, 0.3) is 0 Å². The average Bonchev–Trinajstić information content (AvgIpc) is 2.59. The minimum absolute atomic E-state index is 0.224. The van der Waals surface area contributed by atoms with Gasteiger partial charge in [0.1, 0.15) is 0 Å². The third-order valence-electron chi connectivity index (χ3n) is 3.66. The van der Waals surface area contributed by atoms with E-state index in [1.165, 1.54) is 32.1 Å². The van der Waals surface area contributed by atoms with E-state index in [2.05, 4.69) is 11.2 Å². The Labute approximate surface area is 97.5 Å². The van der Waals surface area contributed by atoms with E-state index in [0.29, 0.717) is 12.5 Å². The second kappa shape index (κ2) is 5.00. The van der Waals surface area contributed by atoms with Crippen LogP contribution in [-0.4, -0.2) is 21.0 Å². The van der Waals surface area contributed by atoms with E-state index in [0.717, 1.165) is 11.4 Å². The van der Waals surface area contributed by atoms with Crippen LogP contribution in [0.5, 0.6) is 0 Å². The summed E-state index contributed by atoms with van der Waals surface area (Å²) in [4.78, 5) is 0. The predicted octanol–water partition coefficient (Wildman–Crippen LogP) is 2.44. The molecule has 90 valence electrons. The van der Waals surface area contributed by atoms with Gasteiger partial charge in [0, 0.05) is 5.69 Å². The molecular weight excluding hydrogens is 200 g/mol. The van der Waals surface area contributed by atoms with Crippen LogP contribution in [0.3, 0.4) is 0 Å². The predicted molar refractivity (Wildman–Crippen MR) is 64.3 cm³/mol. The van der Waals surface area contributed by atoms with Gasteiger partial charge >= 0.3 is 0 Å². The minimum Gasteiger partial charge on any atom is -0.391 e. The SMILES string of the molecule is Cc1cc(C)n(CC(O)C2CCCCC2)n1. The average molecular weight is 222 g/mol. The van der Waals surface area contributed by atoms with Crippen LogP contribution in [0.15, 0.2) is 6.07 Å². The van der Waals surface area contributed by atoms with Crippen molar-refractivity contribution < 1.29 is 5.11 Å². The molecular formula is C13H22N2O. The molecule has 1 heterocycles. The van der Waals surface area contributed by atoms with Crippen molar-refractivity contribution in [1.29, 1.82) is 0 Å². The molecule has 2 rings (SSSR count). The molecule has 1 fully saturated rings. The summed E-state index contributed by atoms with van der Waals surface area (Å²) in [7, 11) is 0. The first-order valence-electron chi connectivity index (χ1n) is 6.36. The maximum absolute atomic E-state index is 10.2. The fourth-order valence-electron chi connectivity index (χ4n) is 2.70. The van der Waals surface area contributed by atoms with Crippen molar-refractivity contribution in [2.75, 3.05) is 0 Å². The summed E-state index contributed by atoms with van der Waals surface area (Å²) < 4.78 is 1.94. The summed E-state index contributed by atoms with van der Waals surface area (Å²) >= 11 is 0. The highest BCUT2D eigenvalue weighted by atomic mass is 16.3. The van der Waals surface area contributed by atoms with Crippen molar-refractivity contribution in [2.24, 2.45) is 5.92 Å². The lowest BCUT2D eigenvalue weighted by atomic mass is 9.85. The standard InChI is InChI=1S/C13H22N2O/c1-10-8-11(2)15(14-10)9-13(16)12-6-4-3-5-7-12/h8,12-13,16H,3-7,9H2,1-2H3. The van der Waals surface area contributed by atoms with Gasteiger partial charge in [0.2, 0.25) is 0 Å². The number of aryl methyl sites for hydroxylation is 2. The summed E-state index contributed by atoms with van der Waals surface area (Å²) in [5.74, 6) is 0.484. The second-order valence-electron chi connectivity index (χ2n) is 5.07. The van der Waals surface area contributed by atoms with Gasteiger partial charge in [0.05, 0.1) is 18.3 Å². The van der Waals surface area contributed by atoms with Gasteiger partial charge in [-0.25, -0.2) is 0 Å². The lowest BCUT2D eigenvalue weighted by Gasteiger charge is -2.26. The Kier molecular flexibility index (Phi) is 3.64. The lowest BCUT2D eigenvalue weighted by molar-refractivity contribution is 0.0659. The molecule has 1 aliphatic carbocycles. The minimum atomic E-state index is -0.224. The van der Waals surface area contributed by atoms with Crippen molar-refractivity contribution >= 4 is 0 Å². The third kappa shape index (κ3) is 2.64. The fourth-order valence-corrected chi connectivity index (χ4v) is 2.70. The molecule has 0 aliphatic heterocycles. The smallest absolute Gasteiger partial charge is 0.0764 e. The highest BCUT2D eigenvalue weighted by Gasteiger charge is 2.22. The number of aliphatic hydroxyl groups excluding tert-OH is 1. The number of aliphatic hydroxyl groups is 1. The molecule has 0 bridgehead atoms. The van der Waals surface area contributed by atoms with Crippen molar-refractivity contribution in [2.45, 2.75) is 58.6 Å². The zero-order chi connectivity index (χ0) is 11.5. The van der Waals surface area contributed by atoms with Gasteiger partial charge in [-0.3, -0.25) is 4.68 Å². The van der Waals surface area contributed by atoms with Crippen LogP contribution in [0.4, 0.5) is 0 Å². The van der Waals surface area contributed by atoms with Crippen molar-refractivity contribution in [1.82, 2.24) is 9.78 Å². The lowest BCUT2D eigenvalue weighted by Crippen LogP contribution is -2.28. The maximum atomic E-state index is 10.2. The van der Waals surface area contributed by atoms with E-state index in [1.54, 1.807) is 0 Å². The molecule has 3 heteroatoms. The number of aromatic nitrogens is 2. The number of rotatable bonds is 3. The van der Waals surface area contributed by atoms with E-state index in [-0.39, 0.29) is 6.10 Å². The maximum Gasteiger partial charge on any atom is 0.0764 e. The molecule has 1 aromatic heterocycles. The van der Waals surface area contributed by atoms with Gasteiger partial charge in [0.15, 0.2) is 0 Å². The molecule has 1 unspecified atom stereocenters. The number of nitrogens with zero attached hydrogens (tertiary/aromatic N) is 2. The summed E-state index contributed by atoms with van der Waals surface area (Å²) in [6, 6.07) is 2.06. The van der Waals surface area contributed by atoms with E-state index in [1.807, 2.05) is 18.5 Å². The Morgan fingerprint density at radius 1 is 1.38 bits per heavy atom. The van der Waals surface area contributed by atoms with Crippen molar-refractivity contribution in [3.8, 4) is 0 Å². The molecule has 0 saturated heterocycles. The van der Waals surface area contributed by atoms with E-state index in [9.17, 15) is 5.11 Å². The summed E-state index contributed by atoms with van der Waals surface area (Å²) in [5, 5.41) is 14.6. The molecule has 1 aliphatic rings. The molecule has 1 saturated carbocycles. The third-order valence-corrected chi connectivity index (χ3v) is 3.66. The Bertz CT molecular complexity index is 340. The molecule has 1 atom stereocenters. The highest BCUT2D eigenvalue weighted by molar-refractivity contribution is 5.06. The van der Waals surface area contributed by atoms with Gasteiger partial charge in [0.25, 0.3) is 0 Å². The van der Waals surface area contributed by atoms with Gasteiger partial charge in [-0.15, -0.1) is 0 Å². The number of hydrogen-bond acceptors (Lipinski definition) is 2. The number of hydrogen-bond donors (Lipinski definition) is 1. The van der Waals surface area contributed by atoms with E-state index >= 15 is 0 Å². The molecule has 1 N–H and O–H groups in total. The normalized spacial score (nSPS) is 19.9. The van der Waals surface area contributed by atoms with Crippen LogP contribution in [0.1, 0.15) is 43.5 Å². The van der Waals surface area contributed by atoms with Crippen LogP contribution in [0, 0.1) is 19.8 Å². The topological polar surface area (TPSA) is 38.0 Å². The second-order valence-corrected chi connectivity index (χ2v) is 5.07. The molecule has 0 radical (unpaired) electrons. The van der Waals surface area contributed by atoms with Gasteiger partial charge in [-0.05, 0) is 38.7 Å². The Balaban J connectivity index is 1.95. The molecule has 0 spiro atoms. The first-order chi connectivity index (χ1) is 7.66. The molecule has 0 aromatic carbocycles. The van der Waals surface area contributed by atoms with Crippen LogP contribution in [-0.2, 0) is 6.54 Å². The molecule has 0 amide bonds. The summed E-state index contributed by atoms with van der Waals surface area (Å²) in [6.45, 7) is 4.70. The largest absolute Gasteiger partial charge is 0.391 e. The van der Waals surface area contributed by atoms with Crippen molar-refractivity contribution in [3.63, 3.8) is 0 Å². The molecule has 16 heavy (non-hydrogen) atoms. The van der Waals surface area contributed by atoms with Crippen LogP contribution in [0.2, 0.25) is 0 Å². The quantitative estimate of drug-likeness (QED) is 0.853. The first kappa shape index (κ1) is 11.6. The van der Waals surface area contributed by atoms with Crippen LogP contribution >= 0.6 is 0 Å². The molecule has 1 aromatic rings. The fraction of sp³-hybridized carbons (Fsp3) is 0.769. The van der Waals surface area contributed by atoms with Crippen LogP contribution < -0.4 is 0 Å². The Hall–Kier alpha value is -0.830. The summed E-state index contributed by atoms with van der Waals surface area (Å²) in [6.07, 6.45) is 6.03. The summed E-state index contributed by atoms with van der Waals surface area (Å²) in [5.41, 5.74) is 2.18. The molecule has 3 nitrogen and oxygen atoms in total. The zero-order valence-corrected chi connectivity index (χ0v) is 10.3. The van der Waals surface area contributed by atoms with Gasteiger partial charge < -0.3 is 5.11 Å². The Morgan fingerprint density at radius 2 is 2.06 bits per heavy atom. The first-order valence-corrected chi connectivity index (χ1v) is 6.36. The van der Waals surface area contributed by atoms with Gasteiger partial charge in [-0.1, -0.05) is 19.3 Å². The van der Waals surface area contributed by atoms with Crippen molar-refractivity contribution in [3.05, 3.63) is 17.5 Å². The Morgan fingerprint density at radius 3 is 2.62 bits per heavy atom. The van der Waals surface area contributed by atoms with E-state index in [4.69, 9.17) is 0 Å². The van der Waals surface area contributed by atoms with E-state index < -0.39 is 0 Å². The highest BCUT2D eigenvalue weighted by Crippen LogP contribution is 2.27.